The molecular weight excluding hydrogens is 362 g/mol. The molecule has 0 aromatic heterocycles. The molecule has 0 aliphatic carbocycles. The molecule has 0 saturated carbocycles. The zero-order chi connectivity index (χ0) is 20.0. The molecular formula is C20H23N3O3S. The highest BCUT2D eigenvalue weighted by Gasteiger charge is 2.18. The third-order valence-electron chi connectivity index (χ3n) is 4.09. The SMILES string of the molecule is CC(C)c1ccc(NC(=O)CCN(c2ccc(C#N)cc2)S(C)(=O)=O)cc1. The smallest absolute Gasteiger partial charge is 0.232 e. The fraction of sp³-hybridized carbons (Fsp3) is 0.300. The average Bonchev–Trinajstić information content (AvgIpc) is 2.61. The van der Waals surface area contributed by atoms with Crippen LogP contribution in [0.25, 0.3) is 0 Å². The highest BCUT2D eigenvalue weighted by atomic mass is 32.2. The first-order valence-corrected chi connectivity index (χ1v) is 10.4. The van der Waals surface area contributed by atoms with Gasteiger partial charge in [-0.25, -0.2) is 8.42 Å². The lowest BCUT2D eigenvalue weighted by Gasteiger charge is -2.22. The Kier molecular flexibility index (Phi) is 6.59. The number of amides is 1. The summed E-state index contributed by atoms with van der Waals surface area (Å²) in [7, 11) is -3.55. The van der Waals surface area contributed by atoms with Crippen LogP contribution < -0.4 is 9.62 Å². The lowest BCUT2D eigenvalue weighted by atomic mass is 10.0. The van der Waals surface area contributed by atoms with E-state index in [0.717, 1.165) is 10.6 Å². The summed E-state index contributed by atoms with van der Waals surface area (Å²) < 4.78 is 25.3. The van der Waals surface area contributed by atoms with Crippen molar-refractivity contribution >= 4 is 27.3 Å². The number of nitrogens with zero attached hydrogens (tertiary/aromatic N) is 2. The number of hydrogen-bond donors (Lipinski definition) is 1. The molecule has 6 nitrogen and oxygen atoms in total. The van der Waals surface area contributed by atoms with Crippen LogP contribution in [0.2, 0.25) is 0 Å². The maximum absolute atomic E-state index is 12.2. The van der Waals surface area contributed by atoms with Gasteiger partial charge in [0, 0.05) is 18.7 Å². The molecule has 0 saturated heterocycles. The standard InChI is InChI=1S/C20H23N3O3S/c1-15(2)17-6-8-18(9-7-17)22-20(24)12-13-23(27(3,25)26)19-10-4-16(14-21)5-11-19/h4-11,15H,12-13H2,1-3H3,(H,22,24). The van der Waals surface area contributed by atoms with E-state index >= 15 is 0 Å². The highest BCUT2D eigenvalue weighted by molar-refractivity contribution is 7.92. The summed E-state index contributed by atoms with van der Waals surface area (Å²) >= 11 is 0. The third-order valence-corrected chi connectivity index (χ3v) is 5.28. The molecule has 0 spiro atoms. The van der Waals surface area contributed by atoms with Crippen molar-refractivity contribution in [3.63, 3.8) is 0 Å². The summed E-state index contributed by atoms with van der Waals surface area (Å²) in [5.41, 5.74) is 2.71. The summed E-state index contributed by atoms with van der Waals surface area (Å²) in [5.74, 6) is 0.139. The summed E-state index contributed by atoms with van der Waals surface area (Å²) in [6, 6.07) is 15.8. The summed E-state index contributed by atoms with van der Waals surface area (Å²) in [5, 5.41) is 11.6. The predicted molar refractivity (Wildman–Crippen MR) is 107 cm³/mol. The summed E-state index contributed by atoms with van der Waals surface area (Å²) in [6.07, 6.45) is 1.10. The second kappa shape index (κ2) is 8.69. The van der Waals surface area contributed by atoms with Gasteiger partial charge in [0.1, 0.15) is 0 Å². The van der Waals surface area contributed by atoms with Crippen LogP contribution in [-0.2, 0) is 14.8 Å². The topological polar surface area (TPSA) is 90.3 Å². The van der Waals surface area contributed by atoms with Crippen LogP contribution in [-0.4, -0.2) is 27.1 Å². The van der Waals surface area contributed by atoms with Crippen molar-refractivity contribution in [2.45, 2.75) is 26.2 Å². The minimum atomic E-state index is -3.55. The van der Waals surface area contributed by atoms with E-state index in [4.69, 9.17) is 5.26 Å². The summed E-state index contributed by atoms with van der Waals surface area (Å²) in [4.78, 5) is 12.2. The van der Waals surface area contributed by atoms with E-state index < -0.39 is 10.0 Å². The largest absolute Gasteiger partial charge is 0.326 e. The van der Waals surface area contributed by atoms with Crippen molar-refractivity contribution in [3.8, 4) is 6.07 Å². The van der Waals surface area contributed by atoms with Gasteiger partial charge in [0.15, 0.2) is 0 Å². The second-order valence-corrected chi connectivity index (χ2v) is 8.48. The molecule has 0 bridgehead atoms. The van der Waals surface area contributed by atoms with Gasteiger partial charge in [-0.05, 0) is 47.9 Å². The zero-order valence-electron chi connectivity index (χ0n) is 15.6. The maximum atomic E-state index is 12.2. The molecule has 2 aromatic rings. The number of benzene rings is 2. The molecule has 2 aromatic carbocycles. The molecule has 2 rings (SSSR count). The minimum Gasteiger partial charge on any atom is -0.326 e. The highest BCUT2D eigenvalue weighted by Crippen LogP contribution is 2.20. The monoisotopic (exact) mass is 385 g/mol. The lowest BCUT2D eigenvalue weighted by Crippen LogP contribution is -2.33. The van der Waals surface area contributed by atoms with Crippen molar-refractivity contribution in [1.82, 2.24) is 0 Å². The Bertz CT molecular complexity index is 928. The minimum absolute atomic E-state index is 0.0129. The van der Waals surface area contributed by atoms with Crippen LogP contribution >= 0.6 is 0 Å². The van der Waals surface area contributed by atoms with Gasteiger partial charge in [-0.1, -0.05) is 26.0 Å². The van der Waals surface area contributed by atoms with E-state index in [0.29, 0.717) is 22.9 Å². The molecule has 0 aliphatic rings. The third kappa shape index (κ3) is 5.83. The van der Waals surface area contributed by atoms with Crippen molar-refractivity contribution < 1.29 is 13.2 Å². The van der Waals surface area contributed by atoms with Crippen LogP contribution in [0.1, 0.15) is 37.3 Å². The van der Waals surface area contributed by atoms with Crippen LogP contribution in [0.15, 0.2) is 48.5 Å². The molecule has 7 heteroatoms. The van der Waals surface area contributed by atoms with Gasteiger partial charge in [0.2, 0.25) is 15.9 Å². The maximum Gasteiger partial charge on any atom is 0.232 e. The van der Waals surface area contributed by atoms with Gasteiger partial charge in [-0.2, -0.15) is 5.26 Å². The van der Waals surface area contributed by atoms with E-state index in [2.05, 4.69) is 19.2 Å². The van der Waals surface area contributed by atoms with Crippen LogP contribution in [0.4, 0.5) is 11.4 Å². The fourth-order valence-electron chi connectivity index (χ4n) is 2.57. The van der Waals surface area contributed by atoms with Crippen molar-refractivity contribution in [3.05, 3.63) is 59.7 Å². The molecule has 0 atom stereocenters. The number of rotatable bonds is 7. The molecule has 0 unspecified atom stereocenters. The first kappa shape index (κ1) is 20.5. The van der Waals surface area contributed by atoms with Crippen LogP contribution in [0.5, 0.6) is 0 Å². The van der Waals surface area contributed by atoms with Crippen LogP contribution in [0, 0.1) is 11.3 Å². The molecule has 0 heterocycles. The van der Waals surface area contributed by atoms with Crippen molar-refractivity contribution in [2.75, 3.05) is 22.4 Å². The molecule has 1 amide bonds. The number of nitriles is 1. The summed E-state index contributed by atoms with van der Waals surface area (Å²) in [6.45, 7) is 4.20. The Morgan fingerprint density at radius 2 is 1.70 bits per heavy atom. The van der Waals surface area contributed by atoms with E-state index in [1.54, 1.807) is 24.3 Å². The number of carbonyl (C=O) groups is 1. The second-order valence-electron chi connectivity index (χ2n) is 6.57. The molecule has 0 aliphatic heterocycles. The molecule has 142 valence electrons. The molecule has 0 fully saturated rings. The van der Waals surface area contributed by atoms with Crippen LogP contribution in [0.3, 0.4) is 0 Å². The predicted octanol–water partition coefficient (Wildman–Crippen LogP) is 3.48. The fourth-order valence-corrected chi connectivity index (χ4v) is 3.49. The Morgan fingerprint density at radius 3 is 2.19 bits per heavy atom. The van der Waals surface area contributed by atoms with E-state index in [1.807, 2.05) is 30.3 Å². The van der Waals surface area contributed by atoms with Gasteiger partial charge in [0.25, 0.3) is 0 Å². The van der Waals surface area contributed by atoms with E-state index in [9.17, 15) is 13.2 Å². The van der Waals surface area contributed by atoms with Gasteiger partial charge in [-0.3, -0.25) is 9.10 Å². The quantitative estimate of drug-likeness (QED) is 0.790. The molecule has 27 heavy (non-hydrogen) atoms. The van der Waals surface area contributed by atoms with Gasteiger partial charge in [0.05, 0.1) is 23.6 Å². The van der Waals surface area contributed by atoms with Gasteiger partial charge in [-0.15, -0.1) is 0 Å². The van der Waals surface area contributed by atoms with E-state index in [-0.39, 0.29) is 18.9 Å². The van der Waals surface area contributed by atoms with Crippen molar-refractivity contribution in [1.29, 1.82) is 5.26 Å². The van der Waals surface area contributed by atoms with Gasteiger partial charge < -0.3 is 5.32 Å². The first-order chi connectivity index (χ1) is 12.7. The Balaban J connectivity index is 2.03. The Morgan fingerprint density at radius 1 is 1.11 bits per heavy atom. The van der Waals surface area contributed by atoms with Gasteiger partial charge >= 0.3 is 0 Å². The molecule has 0 radical (unpaired) electrons. The molecule has 1 N–H and O–H groups in total. The number of carbonyl (C=O) groups excluding carboxylic acids is 1. The number of hydrogen-bond acceptors (Lipinski definition) is 4. The first-order valence-electron chi connectivity index (χ1n) is 8.58. The Hall–Kier alpha value is -2.85. The number of nitrogens with one attached hydrogen (secondary N) is 1. The lowest BCUT2D eigenvalue weighted by molar-refractivity contribution is -0.116. The average molecular weight is 385 g/mol. The zero-order valence-corrected chi connectivity index (χ0v) is 16.5. The Labute approximate surface area is 160 Å². The normalized spacial score (nSPS) is 11.1. The van der Waals surface area contributed by atoms with Crippen molar-refractivity contribution in [2.24, 2.45) is 0 Å². The number of anilines is 2. The number of sulfonamides is 1. The van der Waals surface area contributed by atoms with E-state index in [1.165, 1.54) is 5.56 Å².